The van der Waals surface area contributed by atoms with Crippen LogP contribution in [0.1, 0.15) is 24.8 Å². The molecule has 0 spiro atoms. The lowest BCUT2D eigenvalue weighted by Crippen LogP contribution is -2.34. The van der Waals surface area contributed by atoms with Gasteiger partial charge >= 0.3 is 0 Å². The highest BCUT2D eigenvalue weighted by Crippen LogP contribution is 2.32. The van der Waals surface area contributed by atoms with Crippen LogP contribution in [0.2, 0.25) is 0 Å². The maximum atomic E-state index is 12.8. The number of carbonyl (C=O) groups excluding carboxylic acids is 2. The van der Waals surface area contributed by atoms with Gasteiger partial charge in [-0.15, -0.1) is 0 Å². The molecule has 5 heteroatoms. The topological polar surface area (TPSA) is 49.4 Å². The summed E-state index contributed by atoms with van der Waals surface area (Å²) in [6, 6.07) is 6.65. The molecule has 3 rings (SSSR count). The third kappa shape index (κ3) is 3.40. The number of nitrogens with one attached hydrogen (secondary N) is 1. The maximum absolute atomic E-state index is 12.8. The first kappa shape index (κ1) is 14.0. The van der Waals surface area contributed by atoms with Gasteiger partial charge in [0.2, 0.25) is 11.8 Å². The van der Waals surface area contributed by atoms with Gasteiger partial charge in [0.1, 0.15) is 5.82 Å². The highest BCUT2D eigenvalue weighted by Gasteiger charge is 2.41. The van der Waals surface area contributed by atoms with E-state index in [1.165, 1.54) is 12.1 Å². The fourth-order valence-corrected chi connectivity index (χ4v) is 2.77. The number of likely N-dealkylation sites (tertiary alicyclic amines) is 1. The molecule has 112 valence electrons. The Labute approximate surface area is 123 Å². The van der Waals surface area contributed by atoms with Gasteiger partial charge in [0.15, 0.2) is 0 Å². The number of hydrogen-bond donors (Lipinski definition) is 1. The molecule has 4 nitrogen and oxygen atoms in total. The van der Waals surface area contributed by atoms with Crippen molar-refractivity contribution in [2.45, 2.75) is 31.7 Å². The highest BCUT2D eigenvalue weighted by atomic mass is 19.1. The number of benzene rings is 1. The number of amides is 2. The van der Waals surface area contributed by atoms with Crippen LogP contribution in [0.15, 0.2) is 24.3 Å². The molecule has 1 aromatic rings. The average molecular weight is 290 g/mol. The Morgan fingerprint density at radius 2 is 2.00 bits per heavy atom. The van der Waals surface area contributed by atoms with Gasteiger partial charge in [0, 0.05) is 25.6 Å². The molecule has 2 aliphatic rings. The van der Waals surface area contributed by atoms with Crippen molar-refractivity contribution in [3.8, 4) is 0 Å². The van der Waals surface area contributed by atoms with E-state index in [9.17, 15) is 14.0 Å². The smallest absolute Gasteiger partial charge is 0.225 e. The molecular weight excluding hydrogens is 271 g/mol. The average Bonchev–Trinajstić information content (AvgIpc) is 3.23. The Morgan fingerprint density at radius 1 is 1.29 bits per heavy atom. The zero-order valence-electron chi connectivity index (χ0n) is 11.8. The van der Waals surface area contributed by atoms with Gasteiger partial charge < -0.3 is 10.2 Å². The lowest BCUT2D eigenvalue weighted by molar-refractivity contribution is -0.129. The van der Waals surface area contributed by atoms with E-state index in [1.807, 2.05) is 4.90 Å². The molecule has 1 N–H and O–H groups in total. The molecule has 1 aromatic carbocycles. The van der Waals surface area contributed by atoms with Crippen LogP contribution in [0.5, 0.6) is 0 Å². The first-order valence-corrected chi connectivity index (χ1v) is 7.45. The molecular formula is C16H19FN2O2. The third-order valence-electron chi connectivity index (χ3n) is 4.14. The van der Waals surface area contributed by atoms with Crippen molar-refractivity contribution in [2.75, 3.05) is 13.1 Å². The standard InChI is InChI=1S/C16H19FN2O2/c17-13-3-1-11(2-4-13)7-8-18-16(21)12-9-15(20)19(10-12)14-5-6-14/h1-4,12,14H,5-10H2,(H,18,21). The predicted octanol–water partition coefficient (Wildman–Crippen LogP) is 1.50. The van der Waals surface area contributed by atoms with Crippen LogP contribution >= 0.6 is 0 Å². The summed E-state index contributed by atoms with van der Waals surface area (Å²) in [5.74, 6) is -0.413. The van der Waals surface area contributed by atoms with Crippen LogP contribution in [-0.4, -0.2) is 35.8 Å². The summed E-state index contributed by atoms with van der Waals surface area (Å²) in [5, 5.41) is 2.88. The second-order valence-electron chi connectivity index (χ2n) is 5.85. The van der Waals surface area contributed by atoms with Crippen molar-refractivity contribution < 1.29 is 14.0 Å². The number of rotatable bonds is 5. The third-order valence-corrected chi connectivity index (χ3v) is 4.14. The van der Waals surface area contributed by atoms with E-state index in [0.717, 1.165) is 18.4 Å². The number of hydrogen-bond acceptors (Lipinski definition) is 2. The van der Waals surface area contributed by atoms with Crippen LogP contribution in [0.3, 0.4) is 0 Å². The molecule has 1 aliphatic heterocycles. The minimum atomic E-state index is -0.257. The lowest BCUT2D eigenvalue weighted by atomic mass is 10.1. The summed E-state index contributed by atoms with van der Waals surface area (Å²) in [5.41, 5.74) is 0.985. The first-order chi connectivity index (χ1) is 10.1. The molecule has 1 saturated carbocycles. The molecule has 1 unspecified atom stereocenters. The summed E-state index contributed by atoms with van der Waals surface area (Å²) >= 11 is 0. The molecule has 1 atom stereocenters. The zero-order chi connectivity index (χ0) is 14.8. The van der Waals surface area contributed by atoms with E-state index >= 15 is 0 Å². The van der Waals surface area contributed by atoms with Gasteiger partial charge in [0.05, 0.1) is 5.92 Å². The van der Waals surface area contributed by atoms with Crippen molar-refractivity contribution in [2.24, 2.45) is 5.92 Å². The normalized spacial score (nSPS) is 21.7. The molecule has 21 heavy (non-hydrogen) atoms. The summed E-state index contributed by atoms with van der Waals surface area (Å²) in [7, 11) is 0. The summed E-state index contributed by atoms with van der Waals surface area (Å²) in [4.78, 5) is 25.7. The monoisotopic (exact) mass is 290 g/mol. The van der Waals surface area contributed by atoms with Gasteiger partial charge in [-0.05, 0) is 37.0 Å². The minimum absolute atomic E-state index is 0.0476. The zero-order valence-corrected chi connectivity index (χ0v) is 11.8. The Kier molecular flexibility index (Phi) is 3.90. The van der Waals surface area contributed by atoms with E-state index < -0.39 is 0 Å². The summed E-state index contributed by atoms with van der Waals surface area (Å²) in [6.07, 6.45) is 3.15. The van der Waals surface area contributed by atoms with Crippen molar-refractivity contribution in [3.05, 3.63) is 35.6 Å². The fourth-order valence-electron chi connectivity index (χ4n) is 2.77. The fraction of sp³-hybridized carbons (Fsp3) is 0.500. The van der Waals surface area contributed by atoms with Gasteiger partial charge in [-0.25, -0.2) is 4.39 Å². The Hall–Kier alpha value is -1.91. The van der Waals surface area contributed by atoms with Crippen molar-refractivity contribution >= 4 is 11.8 Å². The lowest BCUT2D eigenvalue weighted by Gasteiger charge is -2.15. The molecule has 0 radical (unpaired) electrons. The van der Waals surface area contributed by atoms with E-state index in [1.54, 1.807) is 12.1 Å². The van der Waals surface area contributed by atoms with Crippen LogP contribution in [-0.2, 0) is 16.0 Å². The van der Waals surface area contributed by atoms with E-state index in [2.05, 4.69) is 5.32 Å². The SMILES string of the molecule is O=C(NCCc1ccc(F)cc1)C1CC(=O)N(C2CC2)C1. The number of halogens is 1. The van der Waals surface area contributed by atoms with Crippen molar-refractivity contribution in [1.29, 1.82) is 0 Å². The predicted molar refractivity (Wildman–Crippen MR) is 76.0 cm³/mol. The second kappa shape index (κ2) is 5.84. The molecule has 1 saturated heterocycles. The molecule has 2 fully saturated rings. The van der Waals surface area contributed by atoms with Gasteiger partial charge in [-0.1, -0.05) is 12.1 Å². The van der Waals surface area contributed by atoms with Crippen molar-refractivity contribution in [3.63, 3.8) is 0 Å². The minimum Gasteiger partial charge on any atom is -0.355 e. The van der Waals surface area contributed by atoms with Crippen molar-refractivity contribution in [1.82, 2.24) is 10.2 Å². The number of nitrogens with zero attached hydrogens (tertiary/aromatic N) is 1. The highest BCUT2D eigenvalue weighted by molar-refractivity contribution is 5.89. The Bertz CT molecular complexity index is 540. The molecule has 0 bridgehead atoms. The largest absolute Gasteiger partial charge is 0.355 e. The molecule has 0 aromatic heterocycles. The van der Waals surface area contributed by atoms with Crippen LogP contribution in [0, 0.1) is 11.7 Å². The molecule has 1 aliphatic carbocycles. The van der Waals surface area contributed by atoms with E-state index in [-0.39, 0.29) is 23.5 Å². The summed E-state index contributed by atoms with van der Waals surface area (Å²) < 4.78 is 12.8. The second-order valence-corrected chi connectivity index (χ2v) is 5.85. The Balaban J connectivity index is 1.44. The van der Waals surface area contributed by atoms with Crippen LogP contribution < -0.4 is 5.32 Å². The van der Waals surface area contributed by atoms with E-state index in [0.29, 0.717) is 32.0 Å². The van der Waals surface area contributed by atoms with Gasteiger partial charge in [-0.3, -0.25) is 9.59 Å². The molecule has 2 amide bonds. The molecule has 1 heterocycles. The quantitative estimate of drug-likeness (QED) is 0.893. The van der Waals surface area contributed by atoms with Crippen LogP contribution in [0.25, 0.3) is 0 Å². The first-order valence-electron chi connectivity index (χ1n) is 7.45. The van der Waals surface area contributed by atoms with E-state index in [4.69, 9.17) is 0 Å². The van der Waals surface area contributed by atoms with Crippen LogP contribution in [0.4, 0.5) is 4.39 Å². The maximum Gasteiger partial charge on any atom is 0.225 e. The van der Waals surface area contributed by atoms with Gasteiger partial charge in [-0.2, -0.15) is 0 Å². The summed E-state index contributed by atoms with van der Waals surface area (Å²) in [6.45, 7) is 1.07. The Morgan fingerprint density at radius 3 is 2.67 bits per heavy atom. The number of carbonyl (C=O) groups is 2. The van der Waals surface area contributed by atoms with Gasteiger partial charge in [0.25, 0.3) is 0 Å².